The van der Waals surface area contributed by atoms with Crippen LogP contribution in [0.5, 0.6) is 0 Å². The van der Waals surface area contributed by atoms with Crippen molar-refractivity contribution in [3.63, 3.8) is 0 Å². The van der Waals surface area contributed by atoms with Crippen molar-refractivity contribution in [2.24, 2.45) is 0 Å². The highest BCUT2D eigenvalue weighted by molar-refractivity contribution is 7.15. The van der Waals surface area contributed by atoms with Crippen LogP contribution in [0.25, 0.3) is 21.7 Å². The lowest BCUT2D eigenvalue weighted by Crippen LogP contribution is -2.22. The maximum atomic E-state index is 12.5. The molecule has 5 heteroatoms. The first-order chi connectivity index (χ1) is 13.7. The van der Waals surface area contributed by atoms with Crippen molar-refractivity contribution in [2.75, 3.05) is 0 Å². The van der Waals surface area contributed by atoms with Crippen LogP contribution in [0.3, 0.4) is 0 Å². The number of thiazole rings is 1. The normalized spacial score (nSPS) is 10.6. The van der Waals surface area contributed by atoms with Crippen LogP contribution in [0.2, 0.25) is 0 Å². The van der Waals surface area contributed by atoms with E-state index in [9.17, 15) is 4.79 Å². The van der Waals surface area contributed by atoms with Crippen LogP contribution in [0.15, 0.2) is 79.1 Å². The van der Waals surface area contributed by atoms with Crippen molar-refractivity contribution in [2.45, 2.75) is 13.5 Å². The summed E-state index contributed by atoms with van der Waals surface area (Å²) in [4.78, 5) is 22.3. The molecule has 0 atom stereocenters. The van der Waals surface area contributed by atoms with E-state index in [0.29, 0.717) is 12.1 Å². The van der Waals surface area contributed by atoms with E-state index in [2.05, 4.69) is 27.4 Å². The third-order valence-electron chi connectivity index (χ3n) is 4.46. The Hall–Kier alpha value is -3.31. The number of aryl methyl sites for hydroxylation is 1. The summed E-state index contributed by atoms with van der Waals surface area (Å²) in [6.45, 7) is 2.43. The van der Waals surface area contributed by atoms with E-state index in [1.165, 1.54) is 0 Å². The second-order valence-electron chi connectivity index (χ2n) is 6.40. The van der Waals surface area contributed by atoms with Crippen molar-refractivity contribution in [3.8, 4) is 21.7 Å². The molecule has 0 fully saturated rings. The molecule has 1 N–H and O–H groups in total. The number of carbonyl (C=O) groups is 1. The number of benzene rings is 2. The average Bonchev–Trinajstić information content (AvgIpc) is 3.14. The molecule has 0 unspecified atom stereocenters. The molecule has 2 aromatic heterocycles. The maximum Gasteiger partial charge on any atom is 0.251 e. The van der Waals surface area contributed by atoms with E-state index in [1.807, 2.05) is 61.5 Å². The summed E-state index contributed by atoms with van der Waals surface area (Å²) in [7, 11) is 0. The Labute approximate surface area is 167 Å². The van der Waals surface area contributed by atoms with Crippen LogP contribution in [0, 0.1) is 6.92 Å². The number of aromatic nitrogens is 2. The lowest BCUT2D eigenvalue weighted by molar-refractivity contribution is 0.0951. The van der Waals surface area contributed by atoms with E-state index in [1.54, 1.807) is 23.7 Å². The van der Waals surface area contributed by atoms with Crippen molar-refractivity contribution in [1.82, 2.24) is 15.3 Å². The lowest BCUT2D eigenvalue weighted by Gasteiger charge is -2.06. The lowest BCUT2D eigenvalue weighted by atomic mass is 10.0. The highest BCUT2D eigenvalue weighted by atomic mass is 32.1. The smallest absolute Gasteiger partial charge is 0.251 e. The first-order valence-electron chi connectivity index (χ1n) is 9.01. The summed E-state index contributed by atoms with van der Waals surface area (Å²) in [5.74, 6) is -0.0876. The maximum absolute atomic E-state index is 12.5. The minimum atomic E-state index is -0.0876. The summed E-state index contributed by atoms with van der Waals surface area (Å²) in [5, 5.41) is 3.91. The Kier molecular flexibility index (Phi) is 5.26. The van der Waals surface area contributed by atoms with E-state index in [4.69, 9.17) is 0 Å². The van der Waals surface area contributed by atoms with Crippen LogP contribution in [0.4, 0.5) is 0 Å². The van der Waals surface area contributed by atoms with Gasteiger partial charge >= 0.3 is 0 Å². The Morgan fingerprint density at radius 2 is 1.64 bits per heavy atom. The van der Waals surface area contributed by atoms with Crippen molar-refractivity contribution in [3.05, 3.63) is 95.3 Å². The Morgan fingerprint density at radius 3 is 2.36 bits per heavy atom. The molecule has 0 saturated carbocycles. The van der Waals surface area contributed by atoms with E-state index < -0.39 is 0 Å². The van der Waals surface area contributed by atoms with Crippen LogP contribution in [-0.2, 0) is 6.54 Å². The zero-order valence-electron chi connectivity index (χ0n) is 15.4. The number of nitrogens with one attached hydrogen (secondary N) is 1. The minimum Gasteiger partial charge on any atom is -0.347 e. The number of hydrogen-bond acceptors (Lipinski definition) is 4. The summed E-state index contributed by atoms with van der Waals surface area (Å²) < 4.78 is 0. The molecule has 0 aliphatic rings. The minimum absolute atomic E-state index is 0.0876. The van der Waals surface area contributed by atoms with Gasteiger partial charge in [-0.25, -0.2) is 4.98 Å². The molecule has 0 radical (unpaired) electrons. The van der Waals surface area contributed by atoms with E-state index in [0.717, 1.165) is 32.3 Å². The fourth-order valence-corrected chi connectivity index (χ4v) is 3.90. The second kappa shape index (κ2) is 8.15. The first kappa shape index (κ1) is 18.1. The average molecular weight is 385 g/mol. The third kappa shape index (κ3) is 4.00. The van der Waals surface area contributed by atoms with Gasteiger partial charge in [0.2, 0.25) is 0 Å². The highest BCUT2D eigenvalue weighted by Gasteiger charge is 2.12. The second-order valence-corrected chi connectivity index (χ2v) is 7.48. The fraction of sp³-hybridized carbons (Fsp3) is 0.0870. The molecule has 1 amide bonds. The topological polar surface area (TPSA) is 54.9 Å². The molecule has 4 nitrogen and oxygen atoms in total. The molecule has 0 spiro atoms. The molecule has 28 heavy (non-hydrogen) atoms. The van der Waals surface area contributed by atoms with E-state index >= 15 is 0 Å². The van der Waals surface area contributed by atoms with Crippen molar-refractivity contribution >= 4 is 17.2 Å². The van der Waals surface area contributed by atoms with Gasteiger partial charge in [-0.1, -0.05) is 42.5 Å². The molecule has 2 heterocycles. The summed E-state index contributed by atoms with van der Waals surface area (Å²) in [6, 6.07) is 21.7. The van der Waals surface area contributed by atoms with Crippen molar-refractivity contribution < 1.29 is 4.79 Å². The van der Waals surface area contributed by atoms with Gasteiger partial charge in [0.15, 0.2) is 0 Å². The molecule has 0 aliphatic carbocycles. The number of rotatable bonds is 5. The van der Waals surface area contributed by atoms with Gasteiger partial charge in [0.25, 0.3) is 5.91 Å². The predicted octanol–water partition coefficient (Wildman–Crippen LogP) is 5.11. The molecule has 0 bridgehead atoms. The molecular formula is C23H19N3OS. The molecule has 0 aliphatic heterocycles. The van der Waals surface area contributed by atoms with Gasteiger partial charge in [0.05, 0.1) is 12.2 Å². The first-order valence-corrected chi connectivity index (χ1v) is 9.83. The molecule has 138 valence electrons. The van der Waals surface area contributed by atoms with Gasteiger partial charge in [0, 0.05) is 28.4 Å². The SMILES string of the molecule is Cc1nc(-c2cccnc2)sc1CNC(=O)c1ccc(-c2ccccc2)cc1. The number of nitrogens with zero attached hydrogens (tertiary/aromatic N) is 2. The summed E-state index contributed by atoms with van der Waals surface area (Å²) in [5.41, 5.74) is 4.80. The summed E-state index contributed by atoms with van der Waals surface area (Å²) >= 11 is 1.58. The van der Waals surface area contributed by atoms with Crippen LogP contribution in [-0.4, -0.2) is 15.9 Å². The fourth-order valence-electron chi connectivity index (χ4n) is 2.91. The quantitative estimate of drug-likeness (QED) is 0.519. The number of pyridine rings is 1. The monoisotopic (exact) mass is 385 g/mol. The van der Waals surface area contributed by atoms with Gasteiger partial charge in [0.1, 0.15) is 5.01 Å². The third-order valence-corrected chi connectivity index (χ3v) is 5.67. The highest BCUT2D eigenvalue weighted by Crippen LogP contribution is 2.27. The standard InChI is InChI=1S/C23H19N3OS/c1-16-21(28-23(26-16)20-8-5-13-24-14-20)15-25-22(27)19-11-9-18(10-12-19)17-6-3-2-4-7-17/h2-14H,15H2,1H3,(H,25,27). The Morgan fingerprint density at radius 1 is 0.929 bits per heavy atom. The van der Waals surface area contributed by atoms with Crippen LogP contribution in [0.1, 0.15) is 20.9 Å². The van der Waals surface area contributed by atoms with Crippen molar-refractivity contribution in [1.29, 1.82) is 0 Å². The molecule has 0 saturated heterocycles. The van der Waals surface area contributed by atoms with Gasteiger partial charge in [-0.3, -0.25) is 9.78 Å². The molecule has 4 aromatic rings. The van der Waals surface area contributed by atoms with Gasteiger partial charge in [-0.2, -0.15) is 0 Å². The number of hydrogen-bond donors (Lipinski definition) is 1. The van der Waals surface area contributed by atoms with E-state index in [-0.39, 0.29) is 5.91 Å². The zero-order valence-corrected chi connectivity index (χ0v) is 16.2. The number of carbonyl (C=O) groups excluding carboxylic acids is 1. The van der Waals surface area contributed by atoms with Crippen LogP contribution < -0.4 is 5.32 Å². The largest absolute Gasteiger partial charge is 0.347 e. The molecular weight excluding hydrogens is 366 g/mol. The Balaban J connectivity index is 1.43. The summed E-state index contributed by atoms with van der Waals surface area (Å²) in [6.07, 6.45) is 3.54. The van der Waals surface area contributed by atoms with Gasteiger partial charge < -0.3 is 5.32 Å². The predicted molar refractivity (Wildman–Crippen MR) is 113 cm³/mol. The zero-order chi connectivity index (χ0) is 19.3. The van der Waals surface area contributed by atoms with Gasteiger partial charge in [-0.05, 0) is 42.3 Å². The van der Waals surface area contributed by atoms with Gasteiger partial charge in [-0.15, -0.1) is 11.3 Å². The van der Waals surface area contributed by atoms with Crippen LogP contribution >= 0.6 is 11.3 Å². The molecule has 2 aromatic carbocycles. The Bertz CT molecular complexity index is 1070. The molecule has 4 rings (SSSR count). The number of amides is 1.